The van der Waals surface area contributed by atoms with Gasteiger partial charge in [0.05, 0.1) is 5.56 Å². The van der Waals surface area contributed by atoms with Crippen molar-refractivity contribution in [3.63, 3.8) is 0 Å². The summed E-state index contributed by atoms with van der Waals surface area (Å²) >= 11 is 5.62. The molecule has 104 valence electrons. The number of hydrogen-bond donors (Lipinski definition) is 1. The van der Waals surface area contributed by atoms with Crippen LogP contribution in [0.15, 0.2) is 18.3 Å². The Balaban J connectivity index is 2.61. The van der Waals surface area contributed by atoms with Crippen molar-refractivity contribution in [2.75, 3.05) is 0 Å². The van der Waals surface area contributed by atoms with Gasteiger partial charge in [-0.2, -0.15) is 0 Å². The van der Waals surface area contributed by atoms with Crippen molar-refractivity contribution in [2.24, 2.45) is 0 Å². The van der Waals surface area contributed by atoms with Crippen LogP contribution in [0.25, 0.3) is 0 Å². The molecule has 0 aliphatic carbocycles. The van der Waals surface area contributed by atoms with Gasteiger partial charge in [-0.1, -0.05) is 11.6 Å². The minimum absolute atomic E-state index is 0.250. The Morgan fingerprint density at radius 3 is 2.47 bits per heavy atom. The highest BCUT2D eigenvalue weighted by Crippen LogP contribution is 2.08. The topological polar surface area (TPSA) is 68.3 Å². The standard InChI is InChI=1S/C13H17ClN2O3/c1-8(11(17)16-13(2,3)4)19-12(18)9-5-6-10(14)15-7-9/h5-8H,1-4H3,(H,16,17)/t8-/m0/s1. The second kappa shape index (κ2) is 6.02. The van der Waals surface area contributed by atoms with Crippen molar-refractivity contribution in [1.82, 2.24) is 10.3 Å². The summed E-state index contributed by atoms with van der Waals surface area (Å²) in [6.45, 7) is 7.07. The molecule has 1 heterocycles. The zero-order valence-electron chi connectivity index (χ0n) is 11.4. The molecule has 5 nitrogen and oxygen atoms in total. The summed E-state index contributed by atoms with van der Waals surface area (Å²) in [4.78, 5) is 27.3. The maximum Gasteiger partial charge on any atom is 0.340 e. The van der Waals surface area contributed by atoms with Crippen molar-refractivity contribution < 1.29 is 14.3 Å². The summed E-state index contributed by atoms with van der Waals surface area (Å²) in [5.41, 5.74) is -0.126. The average molecular weight is 285 g/mol. The first-order valence-electron chi connectivity index (χ1n) is 5.83. The minimum atomic E-state index is -0.873. The Kier molecular flexibility index (Phi) is 4.89. The molecule has 1 amide bonds. The van der Waals surface area contributed by atoms with Crippen LogP contribution in [-0.2, 0) is 9.53 Å². The number of ether oxygens (including phenoxy) is 1. The fourth-order valence-corrected chi connectivity index (χ4v) is 1.36. The maximum atomic E-state index is 11.8. The Morgan fingerprint density at radius 1 is 1.37 bits per heavy atom. The van der Waals surface area contributed by atoms with E-state index >= 15 is 0 Å². The molecule has 1 N–H and O–H groups in total. The minimum Gasteiger partial charge on any atom is -0.449 e. The number of nitrogens with one attached hydrogen (secondary N) is 1. The molecule has 1 aromatic rings. The maximum absolute atomic E-state index is 11.8. The van der Waals surface area contributed by atoms with Crippen LogP contribution in [0.1, 0.15) is 38.1 Å². The molecule has 19 heavy (non-hydrogen) atoms. The first-order chi connectivity index (χ1) is 8.69. The molecule has 0 bridgehead atoms. The average Bonchev–Trinajstić information content (AvgIpc) is 2.27. The first kappa shape index (κ1) is 15.4. The van der Waals surface area contributed by atoms with Gasteiger partial charge in [0.25, 0.3) is 5.91 Å². The van der Waals surface area contributed by atoms with Crippen molar-refractivity contribution in [3.8, 4) is 0 Å². The van der Waals surface area contributed by atoms with E-state index in [2.05, 4.69) is 10.3 Å². The molecule has 0 aromatic carbocycles. The van der Waals surface area contributed by atoms with Crippen LogP contribution in [0, 0.1) is 0 Å². The van der Waals surface area contributed by atoms with E-state index in [0.29, 0.717) is 0 Å². The summed E-state index contributed by atoms with van der Waals surface area (Å²) in [7, 11) is 0. The SMILES string of the molecule is C[C@H](OC(=O)c1ccc(Cl)nc1)C(=O)NC(C)(C)C. The number of rotatable bonds is 3. The molecule has 0 radical (unpaired) electrons. The van der Waals surface area contributed by atoms with Gasteiger partial charge in [0.1, 0.15) is 5.15 Å². The Bertz CT molecular complexity index is 466. The van der Waals surface area contributed by atoms with Gasteiger partial charge in [-0.05, 0) is 39.8 Å². The van der Waals surface area contributed by atoms with Crippen LogP contribution in [0.4, 0.5) is 0 Å². The van der Waals surface area contributed by atoms with Crippen LogP contribution in [-0.4, -0.2) is 28.5 Å². The summed E-state index contributed by atoms with van der Waals surface area (Å²) in [5, 5.41) is 3.02. The van der Waals surface area contributed by atoms with E-state index in [1.54, 1.807) is 0 Å². The van der Waals surface area contributed by atoms with E-state index < -0.39 is 12.1 Å². The van der Waals surface area contributed by atoms with E-state index in [1.165, 1.54) is 25.3 Å². The van der Waals surface area contributed by atoms with Crippen LogP contribution in [0.5, 0.6) is 0 Å². The number of esters is 1. The number of nitrogens with zero attached hydrogens (tertiary/aromatic N) is 1. The molecular formula is C13H17ClN2O3. The number of halogens is 1. The number of carbonyl (C=O) groups excluding carboxylic acids is 2. The monoisotopic (exact) mass is 284 g/mol. The van der Waals surface area contributed by atoms with Gasteiger partial charge in [-0.15, -0.1) is 0 Å². The Morgan fingerprint density at radius 2 is 2.00 bits per heavy atom. The van der Waals surface area contributed by atoms with Crippen LogP contribution < -0.4 is 5.32 Å². The lowest BCUT2D eigenvalue weighted by atomic mass is 10.1. The highest BCUT2D eigenvalue weighted by molar-refractivity contribution is 6.29. The van der Waals surface area contributed by atoms with Crippen LogP contribution in [0.2, 0.25) is 5.15 Å². The van der Waals surface area contributed by atoms with Crippen molar-refractivity contribution >= 4 is 23.5 Å². The smallest absolute Gasteiger partial charge is 0.340 e. The van der Waals surface area contributed by atoms with Crippen molar-refractivity contribution in [2.45, 2.75) is 39.3 Å². The number of amides is 1. The number of pyridine rings is 1. The fourth-order valence-electron chi connectivity index (χ4n) is 1.25. The molecular weight excluding hydrogens is 268 g/mol. The van der Waals surface area contributed by atoms with Crippen molar-refractivity contribution in [1.29, 1.82) is 0 Å². The summed E-state index contributed by atoms with van der Waals surface area (Å²) < 4.78 is 5.05. The lowest BCUT2D eigenvalue weighted by Crippen LogP contribution is -2.46. The van der Waals surface area contributed by atoms with Gasteiger partial charge >= 0.3 is 5.97 Å². The largest absolute Gasteiger partial charge is 0.449 e. The second-order valence-electron chi connectivity index (χ2n) is 5.16. The predicted molar refractivity (Wildman–Crippen MR) is 72.0 cm³/mol. The third kappa shape index (κ3) is 5.26. The third-order valence-electron chi connectivity index (χ3n) is 2.11. The van der Waals surface area contributed by atoms with Crippen LogP contribution in [0.3, 0.4) is 0 Å². The molecule has 0 fully saturated rings. The quantitative estimate of drug-likeness (QED) is 0.682. The molecule has 1 rings (SSSR count). The van der Waals surface area contributed by atoms with E-state index in [9.17, 15) is 9.59 Å². The second-order valence-corrected chi connectivity index (χ2v) is 5.54. The molecule has 1 aromatic heterocycles. The summed E-state index contributed by atoms with van der Waals surface area (Å²) in [6, 6.07) is 2.98. The molecule has 1 atom stereocenters. The predicted octanol–water partition coefficient (Wildman–Crippen LogP) is 2.20. The molecule has 0 saturated carbocycles. The fraction of sp³-hybridized carbons (Fsp3) is 0.462. The lowest BCUT2D eigenvalue weighted by molar-refractivity contribution is -0.130. The summed E-state index contributed by atoms with van der Waals surface area (Å²) in [5.74, 6) is -0.955. The van der Waals surface area contributed by atoms with Crippen LogP contribution >= 0.6 is 11.6 Å². The zero-order chi connectivity index (χ0) is 14.6. The Labute approximate surface area is 117 Å². The first-order valence-corrected chi connectivity index (χ1v) is 6.21. The van der Waals surface area contributed by atoms with E-state index in [-0.39, 0.29) is 22.2 Å². The number of hydrogen-bond acceptors (Lipinski definition) is 4. The van der Waals surface area contributed by atoms with Gasteiger partial charge in [0.15, 0.2) is 6.10 Å². The van der Waals surface area contributed by atoms with E-state index in [0.717, 1.165) is 0 Å². The molecule has 0 unspecified atom stereocenters. The number of carbonyl (C=O) groups is 2. The highest BCUT2D eigenvalue weighted by Gasteiger charge is 2.22. The highest BCUT2D eigenvalue weighted by atomic mass is 35.5. The molecule has 0 aliphatic rings. The third-order valence-corrected chi connectivity index (χ3v) is 2.34. The van der Waals surface area contributed by atoms with Gasteiger partial charge in [0, 0.05) is 11.7 Å². The molecule has 0 aliphatic heterocycles. The van der Waals surface area contributed by atoms with Gasteiger partial charge < -0.3 is 10.1 Å². The normalized spacial score (nSPS) is 12.7. The zero-order valence-corrected chi connectivity index (χ0v) is 12.1. The number of aromatic nitrogens is 1. The lowest BCUT2D eigenvalue weighted by Gasteiger charge is -2.23. The van der Waals surface area contributed by atoms with Gasteiger partial charge in [-0.25, -0.2) is 9.78 Å². The van der Waals surface area contributed by atoms with Gasteiger partial charge in [0.2, 0.25) is 0 Å². The summed E-state index contributed by atoms with van der Waals surface area (Å²) in [6.07, 6.45) is 0.432. The molecule has 6 heteroatoms. The Hall–Kier alpha value is -1.62. The van der Waals surface area contributed by atoms with Gasteiger partial charge in [-0.3, -0.25) is 4.79 Å². The van der Waals surface area contributed by atoms with Crippen molar-refractivity contribution in [3.05, 3.63) is 29.0 Å². The molecule has 0 saturated heterocycles. The van der Waals surface area contributed by atoms with E-state index in [4.69, 9.17) is 16.3 Å². The molecule has 0 spiro atoms. The van der Waals surface area contributed by atoms with E-state index in [1.807, 2.05) is 20.8 Å².